The van der Waals surface area contributed by atoms with E-state index in [-0.39, 0.29) is 18.5 Å². The van der Waals surface area contributed by atoms with E-state index < -0.39 is 0 Å². The summed E-state index contributed by atoms with van der Waals surface area (Å²) in [6, 6.07) is 14.9. The Bertz CT molecular complexity index is 605. The highest BCUT2D eigenvalue weighted by atomic mass is 16.5. The average molecular weight is 254 g/mol. The molecule has 2 aromatic carbocycles. The van der Waals surface area contributed by atoms with Gasteiger partial charge in [0.15, 0.2) is 5.78 Å². The van der Waals surface area contributed by atoms with Crippen LogP contribution in [0.3, 0.4) is 0 Å². The lowest BCUT2D eigenvalue weighted by Crippen LogP contribution is -2.20. The van der Waals surface area contributed by atoms with Crippen molar-refractivity contribution in [3.05, 3.63) is 65.2 Å². The summed E-state index contributed by atoms with van der Waals surface area (Å²) in [4.78, 5) is 12.1. The highest BCUT2D eigenvalue weighted by molar-refractivity contribution is 6.00. The Morgan fingerprint density at radius 1 is 1.16 bits per heavy atom. The number of ketones is 1. The number of hydrogen-bond donors (Lipinski definition) is 1. The van der Waals surface area contributed by atoms with Crippen molar-refractivity contribution in [3.8, 4) is 5.75 Å². The Morgan fingerprint density at radius 3 is 2.68 bits per heavy atom. The van der Waals surface area contributed by atoms with Gasteiger partial charge in [0.1, 0.15) is 11.9 Å². The van der Waals surface area contributed by atoms with Gasteiger partial charge in [-0.3, -0.25) is 4.79 Å². The summed E-state index contributed by atoms with van der Waals surface area (Å²) >= 11 is 0. The maximum absolute atomic E-state index is 12.1. The molecular weight excluding hydrogens is 240 g/mol. The molecule has 3 nitrogen and oxygen atoms in total. The zero-order chi connectivity index (χ0) is 13.2. The number of carbonyl (C=O) groups is 1. The molecule has 0 aliphatic carbocycles. The maximum Gasteiger partial charge on any atom is 0.170 e. The standard InChI is InChI=1S/C16H14O3/c17-10-11-6-7-13-14(18)9-15(19-16(13)8-11)12-4-2-1-3-5-12/h1-8,15,17H,9-10H2/t15-/m1/s1. The molecule has 0 radical (unpaired) electrons. The van der Waals surface area contributed by atoms with Gasteiger partial charge in [0.05, 0.1) is 18.6 Å². The Balaban J connectivity index is 1.96. The molecule has 1 aliphatic rings. The summed E-state index contributed by atoms with van der Waals surface area (Å²) in [7, 11) is 0. The summed E-state index contributed by atoms with van der Waals surface area (Å²) < 4.78 is 5.90. The summed E-state index contributed by atoms with van der Waals surface area (Å²) in [5.74, 6) is 0.649. The third kappa shape index (κ3) is 2.25. The quantitative estimate of drug-likeness (QED) is 0.896. The van der Waals surface area contributed by atoms with Crippen LogP contribution in [0, 0.1) is 0 Å². The van der Waals surface area contributed by atoms with Gasteiger partial charge in [-0.2, -0.15) is 0 Å². The number of ether oxygens (including phenoxy) is 1. The molecule has 0 unspecified atom stereocenters. The molecule has 0 saturated heterocycles. The molecule has 0 aromatic heterocycles. The minimum Gasteiger partial charge on any atom is -0.484 e. The van der Waals surface area contributed by atoms with Crippen LogP contribution in [0.2, 0.25) is 0 Å². The third-order valence-electron chi connectivity index (χ3n) is 3.34. The van der Waals surface area contributed by atoms with Gasteiger partial charge in [0.2, 0.25) is 0 Å². The minimum atomic E-state index is -0.241. The molecule has 19 heavy (non-hydrogen) atoms. The molecule has 96 valence electrons. The predicted molar refractivity (Wildman–Crippen MR) is 71.1 cm³/mol. The van der Waals surface area contributed by atoms with Crippen molar-refractivity contribution < 1.29 is 14.6 Å². The first-order valence-corrected chi connectivity index (χ1v) is 6.26. The molecule has 0 saturated carbocycles. The van der Waals surface area contributed by atoms with Crippen molar-refractivity contribution >= 4 is 5.78 Å². The van der Waals surface area contributed by atoms with Crippen molar-refractivity contribution in [1.29, 1.82) is 0 Å². The second kappa shape index (κ2) is 4.86. The van der Waals surface area contributed by atoms with Crippen molar-refractivity contribution in [2.24, 2.45) is 0 Å². The summed E-state index contributed by atoms with van der Waals surface area (Å²) in [5.41, 5.74) is 2.35. The van der Waals surface area contributed by atoms with Gasteiger partial charge in [-0.05, 0) is 23.3 Å². The number of fused-ring (bicyclic) bond motifs is 1. The first-order valence-electron chi connectivity index (χ1n) is 6.26. The SMILES string of the molecule is O=C1C[C@H](c2ccccc2)Oc2cc(CO)ccc21. The molecule has 0 amide bonds. The van der Waals surface area contributed by atoms with Crippen molar-refractivity contribution in [2.45, 2.75) is 19.1 Å². The summed E-state index contributed by atoms with van der Waals surface area (Å²) in [6.45, 7) is -0.0547. The number of rotatable bonds is 2. The van der Waals surface area contributed by atoms with E-state index in [1.54, 1.807) is 18.2 Å². The van der Waals surface area contributed by atoms with Gasteiger partial charge in [0, 0.05) is 0 Å². The molecule has 1 heterocycles. The van der Waals surface area contributed by atoms with E-state index in [1.165, 1.54) is 0 Å². The van der Waals surface area contributed by atoms with Crippen LogP contribution >= 0.6 is 0 Å². The highest BCUT2D eigenvalue weighted by Crippen LogP contribution is 2.35. The Hall–Kier alpha value is -2.13. The highest BCUT2D eigenvalue weighted by Gasteiger charge is 2.27. The number of benzene rings is 2. The zero-order valence-electron chi connectivity index (χ0n) is 10.4. The van der Waals surface area contributed by atoms with Crippen molar-refractivity contribution in [3.63, 3.8) is 0 Å². The Morgan fingerprint density at radius 2 is 1.95 bits per heavy atom. The molecule has 0 fully saturated rings. The minimum absolute atomic E-state index is 0.0547. The molecule has 1 N–H and O–H groups in total. The van der Waals surface area contributed by atoms with E-state index in [0.29, 0.717) is 17.7 Å². The van der Waals surface area contributed by atoms with Gasteiger partial charge in [-0.15, -0.1) is 0 Å². The summed E-state index contributed by atoms with van der Waals surface area (Å²) in [6.07, 6.45) is 0.116. The van der Waals surface area contributed by atoms with E-state index in [2.05, 4.69) is 0 Å². The van der Waals surface area contributed by atoms with Crippen LogP contribution < -0.4 is 4.74 Å². The van der Waals surface area contributed by atoms with Crippen LogP contribution in [0.1, 0.15) is 34.0 Å². The first kappa shape index (κ1) is 11.9. The molecule has 3 rings (SSSR count). The van der Waals surface area contributed by atoms with Gasteiger partial charge < -0.3 is 9.84 Å². The third-order valence-corrected chi connectivity index (χ3v) is 3.34. The predicted octanol–water partition coefficient (Wildman–Crippen LogP) is 2.89. The van der Waals surface area contributed by atoms with E-state index in [1.807, 2.05) is 30.3 Å². The fraction of sp³-hybridized carbons (Fsp3) is 0.188. The lowest BCUT2D eigenvalue weighted by atomic mass is 9.95. The fourth-order valence-electron chi connectivity index (χ4n) is 2.32. The lowest BCUT2D eigenvalue weighted by Gasteiger charge is -2.25. The molecule has 1 atom stereocenters. The molecule has 1 aliphatic heterocycles. The molecular formula is C16H14O3. The second-order valence-electron chi connectivity index (χ2n) is 4.63. The van der Waals surface area contributed by atoms with Gasteiger partial charge in [-0.1, -0.05) is 36.4 Å². The zero-order valence-corrected chi connectivity index (χ0v) is 10.4. The maximum atomic E-state index is 12.1. The number of hydrogen-bond acceptors (Lipinski definition) is 3. The monoisotopic (exact) mass is 254 g/mol. The normalized spacial score (nSPS) is 17.7. The van der Waals surface area contributed by atoms with Crippen LogP contribution in [-0.2, 0) is 6.61 Å². The van der Waals surface area contributed by atoms with E-state index in [9.17, 15) is 4.79 Å². The van der Waals surface area contributed by atoms with Crippen LogP contribution in [0.25, 0.3) is 0 Å². The average Bonchev–Trinajstić information content (AvgIpc) is 2.47. The first-order chi connectivity index (χ1) is 9.28. The molecule has 0 bridgehead atoms. The van der Waals surface area contributed by atoms with Crippen LogP contribution in [0.4, 0.5) is 0 Å². The van der Waals surface area contributed by atoms with E-state index in [4.69, 9.17) is 9.84 Å². The smallest absolute Gasteiger partial charge is 0.170 e. The number of Topliss-reactive ketones (excluding diaryl/α,β-unsaturated/α-hetero) is 1. The molecule has 2 aromatic rings. The number of carbonyl (C=O) groups excluding carboxylic acids is 1. The van der Waals surface area contributed by atoms with Crippen LogP contribution in [0.5, 0.6) is 5.75 Å². The van der Waals surface area contributed by atoms with E-state index >= 15 is 0 Å². The number of aliphatic hydroxyl groups is 1. The largest absolute Gasteiger partial charge is 0.484 e. The van der Waals surface area contributed by atoms with Crippen LogP contribution in [-0.4, -0.2) is 10.9 Å². The van der Waals surface area contributed by atoms with Gasteiger partial charge in [0.25, 0.3) is 0 Å². The van der Waals surface area contributed by atoms with Crippen molar-refractivity contribution in [2.75, 3.05) is 0 Å². The van der Waals surface area contributed by atoms with Crippen LogP contribution in [0.15, 0.2) is 48.5 Å². The number of aliphatic hydroxyl groups excluding tert-OH is 1. The Labute approximate surface area is 111 Å². The van der Waals surface area contributed by atoms with E-state index in [0.717, 1.165) is 11.1 Å². The molecule has 0 spiro atoms. The van der Waals surface area contributed by atoms with Gasteiger partial charge in [-0.25, -0.2) is 0 Å². The molecule has 3 heteroatoms. The Kier molecular flexibility index (Phi) is 3.05. The lowest BCUT2D eigenvalue weighted by molar-refractivity contribution is 0.0849. The van der Waals surface area contributed by atoms with Gasteiger partial charge >= 0.3 is 0 Å². The summed E-state index contributed by atoms with van der Waals surface area (Å²) in [5, 5.41) is 9.15. The fourth-order valence-corrected chi connectivity index (χ4v) is 2.32. The van der Waals surface area contributed by atoms with Crippen molar-refractivity contribution in [1.82, 2.24) is 0 Å². The topological polar surface area (TPSA) is 46.5 Å². The second-order valence-corrected chi connectivity index (χ2v) is 4.63.